The fourth-order valence-electron chi connectivity index (χ4n) is 3.24. The number of anilines is 2. The Labute approximate surface area is 161 Å². The van der Waals surface area contributed by atoms with Gasteiger partial charge in [0.15, 0.2) is 5.82 Å². The van der Waals surface area contributed by atoms with Crippen molar-refractivity contribution in [3.8, 4) is 5.75 Å². The van der Waals surface area contributed by atoms with Gasteiger partial charge in [-0.25, -0.2) is 13.9 Å². The van der Waals surface area contributed by atoms with Crippen LogP contribution in [0, 0.1) is 5.82 Å². The number of halogens is 1. The zero-order chi connectivity index (χ0) is 19.5. The Morgan fingerprint density at radius 2 is 1.57 bits per heavy atom. The largest absolute Gasteiger partial charge is 0.508 e. The van der Waals surface area contributed by atoms with Crippen molar-refractivity contribution in [3.63, 3.8) is 0 Å². The van der Waals surface area contributed by atoms with E-state index in [1.165, 1.54) is 16.8 Å². The first-order valence-corrected chi connectivity index (χ1v) is 9.06. The van der Waals surface area contributed by atoms with E-state index in [1.807, 2.05) is 4.90 Å². The van der Waals surface area contributed by atoms with Crippen LogP contribution >= 0.6 is 0 Å². The van der Waals surface area contributed by atoms with Gasteiger partial charge in [0.2, 0.25) is 0 Å². The lowest BCUT2D eigenvalue weighted by Crippen LogP contribution is -2.47. The van der Waals surface area contributed by atoms with Gasteiger partial charge >= 0.3 is 5.69 Å². The molecule has 8 heteroatoms. The third-order valence-corrected chi connectivity index (χ3v) is 4.81. The molecule has 0 spiro atoms. The third kappa shape index (κ3) is 3.95. The summed E-state index contributed by atoms with van der Waals surface area (Å²) in [6.07, 6.45) is 1.61. The molecule has 0 unspecified atom stereocenters. The van der Waals surface area contributed by atoms with Gasteiger partial charge in [0.1, 0.15) is 11.6 Å². The van der Waals surface area contributed by atoms with Gasteiger partial charge in [0.25, 0.3) is 0 Å². The van der Waals surface area contributed by atoms with Crippen molar-refractivity contribution in [1.82, 2.24) is 14.8 Å². The first-order valence-electron chi connectivity index (χ1n) is 9.06. The molecule has 1 aliphatic rings. The SMILES string of the molecule is O=c1nc(N2CCN(c3ccc(F)cc3)CC2)cnn1Cc1ccc(O)cc1. The Hall–Kier alpha value is -3.42. The molecule has 2 aromatic carbocycles. The van der Waals surface area contributed by atoms with E-state index in [9.17, 15) is 14.3 Å². The summed E-state index contributed by atoms with van der Waals surface area (Å²) in [5.41, 5.74) is 1.43. The molecule has 4 rings (SSSR count). The van der Waals surface area contributed by atoms with Crippen molar-refractivity contribution in [2.45, 2.75) is 6.54 Å². The summed E-state index contributed by atoms with van der Waals surface area (Å²) < 4.78 is 14.4. The Morgan fingerprint density at radius 3 is 2.21 bits per heavy atom. The summed E-state index contributed by atoms with van der Waals surface area (Å²) in [6, 6.07) is 13.1. The Bertz CT molecular complexity index is 996. The summed E-state index contributed by atoms with van der Waals surface area (Å²) in [6.45, 7) is 3.21. The summed E-state index contributed by atoms with van der Waals surface area (Å²) in [5, 5.41) is 13.6. The Kier molecular flexibility index (Phi) is 4.92. The van der Waals surface area contributed by atoms with Crippen molar-refractivity contribution in [1.29, 1.82) is 0 Å². The monoisotopic (exact) mass is 381 g/mol. The topological polar surface area (TPSA) is 74.5 Å². The molecule has 0 radical (unpaired) electrons. The van der Waals surface area contributed by atoms with Gasteiger partial charge < -0.3 is 14.9 Å². The van der Waals surface area contributed by atoms with E-state index in [0.29, 0.717) is 25.5 Å². The molecule has 3 aromatic rings. The molecule has 1 N–H and O–H groups in total. The number of phenols is 1. The molecule has 0 atom stereocenters. The van der Waals surface area contributed by atoms with Gasteiger partial charge in [0.05, 0.1) is 12.7 Å². The fourth-order valence-corrected chi connectivity index (χ4v) is 3.24. The Balaban J connectivity index is 1.41. The number of piperazine rings is 1. The second-order valence-corrected chi connectivity index (χ2v) is 6.67. The highest BCUT2D eigenvalue weighted by molar-refractivity contribution is 5.49. The van der Waals surface area contributed by atoms with Crippen LogP contribution in [-0.2, 0) is 6.54 Å². The minimum atomic E-state index is -0.411. The van der Waals surface area contributed by atoms with Crippen molar-refractivity contribution in [2.24, 2.45) is 0 Å². The van der Waals surface area contributed by atoms with Gasteiger partial charge in [-0.1, -0.05) is 12.1 Å². The fraction of sp³-hybridized carbons (Fsp3) is 0.250. The molecule has 28 heavy (non-hydrogen) atoms. The van der Waals surface area contributed by atoms with Crippen LogP contribution in [-0.4, -0.2) is 46.1 Å². The second-order valence-electron chi connectivity index (χ2n) is 6.67. The van der Waals surface area contributed by atoms with E-state index in [0.717, 1.165) is 24.3 Å². The highest BCUT2D eigenvalue weighted by Gasteiger charge is 2.19. The summed E-state index contributed by atoms with van der Waals surface area (Å²) in [5.74, 6) is 0.494. The highest BCUT2D eigenvalue weighted by atomic mass is 19.1. The van der Waals surface area contributed by atoms with Crippen molar-refractivity contribution >= 4 is 11.5 Å². The van der Waals surface area contributed by atoms with Gasteiger partial charge in [-0.3, -0.25) is 0 Å². The van der Waals surface area contributed by atoms with Crippen LogP contribution in [0.25, 0.3) is 0 Å². The standard InChI is InChI=1S/C20H20FN5O2/c21-16-3-5-17(6-4-16)24-9-11-25(12-10-24)19-13-22-26(20(28)23-19)14-15-1-7-18(27)8-2-15/h1-8,13,27H,9-12,14H2. The lowest BCUT2D eigenvalue weighted by molar-refractivity contribution is 0.475. The molecule has 1 saturated heterocycles. The number of nitrogens with zero attached hydrogens (tertiary/aromatic N) is 5. The molecule has 0 bridgehead atoms. The summed E-state index contributed by atoms with van der Waals surface area (Å²) in [7, 11) is 0. The minimum absolute atomic E-state index is 0.178. The van der Waals surface area contributed by atoms with E-state index in [2.05, 4.69) is 15.0 Å². The van der Waals surface area contributed by atoms with E-state index in [1.54, 1.807) is 42.6 Å². The van der Waals surface area contributed by atoms with E-state index < -0.39 is 5.69 Å². The number of aromatic hydroxyl groups is 1. The van der Waals surface area contributed by atoms with E-state index >= 15 is 0 Å². The quantitative estimate of drug-likeness (QED) is 0.744. The van der Waals surface area contributed by atoms with Crippen LogP contribution in [0.2, 0.25) is 0 Å². The molecule has 0 aliphatic carbocycles. The maximum absolute atomic E-state index is 13.1. The van der Waals surface area contributed by atoms with Crippen LogP contribution in [0.3, 0.4) is 0 Å². The molecule has 1 fully saturated rings. The molecule has 144 valence electrons. The van der Waals surface area contributed by atoms with E-state index in [4.69, 9.17) is 0 Å². The first kappa shape index (κ1) is 18.0. The van der Waals surface area contributed by atoms with Crippen LogP contribution in [0.5, 0.6) is 5.75 Å². The van der Waals surface area contributed by atoms with Crippen LogP contribution < -0.4 is 15.5 Å². The number of aromatic nitrogens is 3. The van der Waals surface area contributed by atoms with Gasteiger partial charge in [-0.05, 0) is 42.0 Å². The number of phenolic OH excluding ortho intramolecular Hbond substituents is 1. The number of benzene rings is 2. The summed E-state index contributed by atoms with van der Waals surface area (Å²) >= 11 is 0. The zero-order valence-electron chi connectivity index (χ0n) is 15.2. The molecule has 2 heterocycles. The van der Waals surface area contributed by atoms with E-state index in [-0.39, 0.29) is 11.6 Å². The van der Waals surface area contributed by atoms with Gasteiger partial charge in [-0.15, -0.1) is 0 Å². The van der Waals surface area contributed by atoms with Crippen LogP contribution in [0.4, 0.5) is 15.9 Å². The summed E-state index contributed by atoms with van der Waals surface area (Å²) in [4.78, 5) is 20.7. The van der Waals surface area contributed by atoms with Crippen molar-refractivity contribution in [3.05, 3.63) is 76.6 Å². The number of hydrogen-bond acceptors (Lipinski definition) is 6. The van der Waals surface area contributed by atoms with Crippen molar-refractivity contribution in [2.75, 3.05) is 36.0 Å². The maximum Gasteiger partial charge on any atom is 0.366 e. The predicted molar refractivity (Wildman–Crippen MR) is 104 cm³/mol. The average Bonchev–Trinajstić information content (AvgIpc) is 2.72. The molecule has 1 aliphatic heterocycles. The average molecular weight is 381 g/mol. The van der Waals surface area contributed by atoms with Crippen LogP contribution in [0.15, 0.2) is 59.5 Å². The normalized spacial score (nSPS) is 14.3. The minimum Gasteiger partial charge on any atom is -0.508 e. The first-order chi connectivity index (χ1) is 13.6. The van der Waals surface area contributed by atoms with Crippen molar-refractivity contribution < 1.29 is 9.50 Å². The molecular weight excluding hydrogens is 361 g/mol. The lowest BCUT2D eigenvalue weighted by atomic mass is 10.2. The molecular formula is C20H20FN5O2. The van der Waals surface area contributed by atoms with Gasteiger partial charge in [0, 0.05) is 31.9 Å². The lowest BCUT2D eigenvalue weighted by Gasteiger charge is -2.36. The maximum atomic E-state index is 13.1. The Morgan fingerprint density at radius 1 is 0.929 bits per heavy atom. The highest BCUT2D eigenvalue weighted by Crippen LogP contribution is 2.19. The number of hydrogen-bond donors (Lipinski definition) is 1. The smallest absolute Gasteiger partial charge is 0.366 e. The zero-order valence-corrected chi connectivity index (χ0v) is 15.2. The molecule has 1 aromatic heterocycles. The molecule has 7 nitrogen and oxygen atoms in total. The molecule has 0 saturated carbocycles. The molecule has 0 amide bonds. The predicted octanol–water partition coefficient (Wildman–Crippen LogP) is 1.86. The second kappa shape index (κ2) is 7.67. The third-order valence-electron chi connectivity index (χ3n) is 4.81. The van der Waals surface area contributed by atoms with Gasteiger partial charge in [-0.2, -0.15) is 10.1 Å². The number of rotatable bonds is 4. The van der Waals surface area contributed by atoms with Crippen LogP contribution in [0.1, 0.15) is 5.56 Å².